The fraction of sp³-hybridized carbons (Fsp3) is 0.227. The average molecular weight is 430 g/mol. The van der Waals surface area contributed by atoms with Crippen LogP contribution in [0.4, 0.5) is 18.9 Å². The molecule has 2 amide bonds. The molecule has 0 saturated heterocycles. The number of carbonyl (C=O) groups excluding carboxylic acids is 2. The second kappa shape index (κ2) is 9.03. The van der Waals surface area contributed by atoms with E-state index >= 15 is 0 Å². The molecule has 9 heteroatoms. The van der Waals surface area contributed by atoms with E-state index in [2.05, 4.69) is 10.4 Å². The van der Waals surface area contributed by atoms with E-state index in [-0.39, 0.29) is 11.8 Å². The number of hydrogen-bond acceptors (Lipinski definition) is 3. The summed E-state index contributed by atoms with van der Waals surface area (Å²) in [5, 5.41) is 6.30. The first-order chi connectivity index (χ1) is 14.7. The molecule has 3 rings (SSSR count). The molecule has 0 saturated carbocycles. The number of aromatic nitrogens is 2. The van der Waals surface area contributed by atoms with Crippen LogP contribution in [-0.2, 0) is 17.5 Å². The van der Waals surface area contributed by atoms with Crippen molar-refractivity contribution in [1.82, 2.24) is 14.7 Å². The Labute approximate surface area is 177 Å². The first-order valence-electron chi connectivity index (χ1n) is 9.56. The van der Waals surface area contributed by atoms with Gasteiger partial charge in [-0.25, -0.2) is 4.68 Å². The van der Waals surface area contributed by atoms with Crippen LogP contribution in [0.25, 0.3) is 5.69 Å². The van der Waals surface area contributed by atoms with E-state index in [4.69, 9.17) is 0 Å². The van der Waals surface area contributed by atoms with E-state index in [1.165, 1.54) is 37.4 Å². The van der Waals surface area contributed by atoms with Crippen molar-refractivity contribution in [3.8, 4) is 5.69 Å². The summed E-state index contributed by atoms with van der Waals surface area (Å²) in [4.78, 5) is 25.8. The first kappa shape index (κ1) is 22.1. The summed E-state index contributed by atoms with van der Waals surface area (Å²) < 4.78 is 39.2. The number of anilines is 1. The standard InChI is InChI=1S/C22H21F3N4O2/c1-3-28(15(2)30)14-16-5-4-6-18(13-16)26-21(31)17-7-9-19(10-8-17)29-12-11-20(27-29)22(23,24)25/h4-13H,3,14H2,1-2H3,(H,26,31). The van der Waals surface area contributed by atoms with Crippen LogP contribution in [0.1, 0.15) is 35.5 Å². The molecule has 0 spiro atoms. The third-order valence-electron chi connectivity index (χ3n) is 4.66. The Morgan fingerprint density at radius 2 is 1.81 bits per heavy atom. The second-order valence-corrected chi connectivity index (χ2v) is 6.88. The summed E-state index contributed by atoms with van der Waals surface area (Å²) in [6, 6.07) is 14.1. The number of benzene rings is 2. The largest absolute Gasteiger partial charge is 0.435 e. The third-order valence-corrected chi connectivity index (χ3v) is 4.66. The number of rotatable bonds is 6. The molecule has 2 aromatic carbocycles. The van der Waals surface area contributed by atoms with Gasteiger partial charge >= 0.3 is 6.18 Å². The van der Waals surface area contributed by atoms with Crippen LogP contribution in [0.3, 0.4) is 0 Å². The molecule has 1 heterocycles. The Kier molecular flexibility index (Phi) is 6.43. The predicted molar refractivity (Wildman–Crippen MR) is 110 cm³/mol. The normalized spacial score (nSPS) is 11.3. The SMILES string of the molecule is CCN(Cc1cccc(NC(=O)c2ccc(-n3ccc(C(F)(F)F)n3)cc2)c1)C(C)=O. The number of nitrogens with one attached hydrogen (secondary N) is 1. The molecule has 31 heavy (non-hydrogen) atoms. The Bertz CT molecular complexity index is 1070. The van der Waals surface area contributed by atoms with Crippen molar-refractivity contribution in [3.05, 3.63) is 77.6 Å². The van der Waals surface area contributed by atoms with Gasteiger partial charge in [-0.05, 0) is 55.0 Å². The van der Waals surface area contributed by atoms with Gasteiger partial charge in [-0.3, -0.25) is 9.59 Å². The minimum absolute atomic E-state index is 0.0310. The number of halogens is 3. The highest BCUT2D eigenvalue weighted by Gasteiger charge is 2.33. The summed E-state index contributed by atoms with van der Waals surface area (Å²) in [7, 11) is 0. The van der Waals surface area contributed by atoms with Crippen molar-refractivity contribution in [1.29, 1.82) is 0 Å². The summed E-state index contributed by atoms with van der Waals surface area (Å²) in [6.07, 6.45) is -3.30. The molecule has 0 aliphatic carbocycles. The molecule has 0 atom stereocenters. The molecule has 0 fully saturated rings. The quantitative estimate of drug-likeness (QED) is 0.626. The summed E-state index contributed by atoms with van der Waals surface area (Å²) in [5.41, 5.74) is 1.22. The number of hydrogen-bond donors (Lipinski definition) is 1. The fourth-order valence-corrected chi connectivity index (χ4v) is 3.00. The van der Waals surface area contributed by atoms with E-state index < -0.39 is 11.9 Å². The first-order valence-corrected chi connectivity index (χ1v) is 9.56. The van der Waals surface area contributed by atoms with Crippen LogP contribution >= 0.6 is 0 Å². The van der Waals surface area contributed by atoms with E-state index in [1.54, 1.807) is 23.1 Å². The number of nitrogens with zero attached hydrogens (tertiary/aromatic N) is 3. The van der Waals surface area contributed by atoms with Crippen LogP contribution in [0.2, 0.25) is 0 Å². The Hall–Kier alpha value is -3.62. The van der Waals surface area contributed by atoms with Crippen molar-refractivity contribution < 1.29 is 22.8 Å². The van der Waals surface area contributed by atoms with E-state index in [9.17, 15) is 22.8 Å². The highest BCUT2D eigenvalue weighted by molar-refractivity contribution is 6.04. The van der Waals surface area contributed by atoms with Crippen LogP contribution in [0.15, 0.2) is 60.8 Å². The fourth-order valence-electron chi connectivity index (χ4n) is 3.00. The van der Waals surface area contributed by atoms with Crippen LogP contribution in [-0.4, -0.2) is 33.0 Å². The van der Waals surface area contributed by atoms with Gasteiger partial charge in [0.1, 0.15) is 0 Å². The van der Waals surface area contributed by atoms with Gasteiger partial charge in [-0.1, -0.05) is 12.1 Å². The van der Waals surface area contributed by atoms with Crippen LogP contribution < -0.4 is 5.32 Å². The zero-order valence-corrected chi connectivity index (χ0v) is 17.0. The molecule has 6 nitrogen and oxygen atoms in total. The minimum Gasteiger partial charge on any atom is -0.339 e. The molecule has 0 aliphatic heterocycles. The average Bonchev–Trinajstić information content (AvgIpc) is 3.23. The smallest absolute Gasteiger partial charge is 0.339 e. The highest BCUT2D eigenvalue weighted by Crippen LogP contribution is 2.28. The van der Waals surface area contributed by atoms with Gasteiger partial charge in [0.05, 0.1) is 5.69 Å². The highest BCUT2D eigenvalue weighted by atomic mass is 19.4. The Balaban J connectivity index is 1.69. The number of amides is 2. The summed E-state index contributed by atoms with van der Waals surface area (Å²) in [6.45, 7) is 4.42. The number of alkyl halides is 3. The van der Waals surface area contributed by atoms with Gasteiger partial charge in [0.2, 0.25) is 5.91 Å². The molecular weight excluding hydrogens is 409 g/mol. The van der Waals surface area contributed by atoms with Gasteiger partial charge < -0.3 is 10.2 Å². The maximum absolute atomic E-state index is 12.7. The maximum atomic E-state index is 12.7. The number of carbonyl (C=O) groups is 2. The van der Waals surface area contributed by atoms with Crippen molar-refractivity contribution in [2.24, 2.45) is 0 Å². The molecule has 1 aromatic heterocycles. The molecular formula is C22H21F3N4O2. The van der Waals surface area contributed by atoms with E-state index in [0.29, 0.717) is 30.0 Å². The molecule has 0 bridgehead atoms. The van der Waals surface area contributed by atoms with Gasteiger partial charge in [0, 0.05) is 37.5 Å². The molecule has 3 aromatic rings. The summed E-state index contributed by atoms with van der Waals surface area (Å²) >= 11 is 0. The lowest BCUT2D eigenvalue weighted by Crippen LogP contribution is -2.27. The Morgan fingerprint density at radius 1 is 1.10 bits per heavy atom. The zero-order valence-electron chi connectivity index (χ0n) is 17.0. The maximum Gasteiger partial charge on any atom is 0.435 e. The van der Waals surface area contributed by atoms with Crippen LogP contribution in [0.5, 0.6) is 0 Å². The van der Waals surface area contributed by atoms with Gasteiger partial charge in [-0.15, -0.1) is 0 Å². The zero-order chi connectivity index (χ0) is 22.6. The second-order valence-electron chi connectivity index (χ2n) is 6.88. The van der Waals surface area contributed by atoms with Crippen LogP contribution in [0, 0.1) is 0 Å². The lowest BCUT2D eigenvalue weighted by molar-refractivity contribution is -0.141. The topological polar surface area (TPSA) is 67.2 Å². The molecule has 0 radical (unpaired) electrons. The van der Waals surface area contributed by atoms with E-state index in [1.807, 2.05) is 13.0 Å². The van der Waals surface area contributed by atoms with Crippen molar-refractivity contribution in [2.45, 2.75) is 26.6 Å². The molecule has 1 N–H and O–H groups in total. The van der Waals surface area contributed by atoms with E-state index in [0.717, 1.165) is 16.3 Å². The third kappa shape index (κ3) is 5.50. The van der Waals surface area contributed by atoms with Crippen molar-refractivity contribution >= 4 is 17.5 Å². The van der Waals surface area contributed by atoms with Gasteiger partial charge in [0.15, 0.2) is 5.69 Å². The van der Waals surface area contributed by atoms with Gasteiger partial charge in [0.25, 0.3) is 5.91 Å². The molecule has 0 unspecified atom stereocenters. The minimum atomic E-state index is -4.52. The lowest BCUT2D eigenvalue weighted by Gasteiger charge is -2.19. The van der Waals surface area contributed by atoms with Crippen molar-refractivity contribution in [3.63, 3.8) is 0 Å². The van der Waals surface area contributed by atoms with Gasteiger partial charge in [-0.2, -0.15) is 18.3 Å². The Morgan fingerprint density at radius 3 is 2.39 bits per heavy atom. The molecule has 162 valence electrons. The monoisotopic (exact) mass is 430 g/mol. The van der Waals surface area contributed by atoms with Crippen molar-refractivity contribution in [2.75, 3.05) is 11.9 Å². The lowest BCUT2D eigenvalue weighted by atomic mass is 10.1. The predicted octanol–water partition coefficient (Wildman–Crippen LogP) is 4.51. The molecule has 0 aliphatic rings. The summed E-state index contributed by atoms with van der Waals surface area (Å²) in [5.74, 6) is -0.393.